The molecule has 0 spiro atoms. The summed E-state index contributed by atoms with van der Waals surface area (Å²) in [4.78, 5) is 40.3. The number of piperidine rings is 1. The fraction of sp³-hybridized carbons (Fsp3) is 0.389. The van der Waals surface area contributed by atoms with Gasteiger partial charge in [-0.15, -0.1) is 0 Å². The minimum absolute atomic E-state index is 0.148. The first-order valence-corrected chi connectivity index (χ1v) is 10.1. The van der Waals surface area contributed by atoms with Crippen molar-refractivity contribution in [1.82, 2.24) is 9.80 Å². The zero-order chi connectivity index (χ0) is 18.0. The Kier molecular flexibility index (Phi) is 5.83. The average Bonchev–Trinajstić information content (AvgIpc) is 2.85. The molecule has 0 atom stereocenters. The van der Waals surface area contributed by atoms with Crippen LogP contribution in [0.25, 0.3) is 6.08 Å². The van der Waals surface area contributed by atoms with E-state index >= 15 is 0 Å². The van der Waals surface area contributed by atoms with E-state index in [1.54, 1.807) is 11.0 Å². The topological polar surface area (TPSA) is 57.7 Å². The molecule has 2 aliphatic heterocycles. The first kappa shape index (κ1) is 18.4. The van der Waals surface area contributed by atoms with E-state index in [0.29, 0.717) is 23.9 Å². The molecule has 3 rings (SSSR count). The Morgan fingerprint density at radius 1 is 1.24 bits per heavy atom. The van der Waals surface area contributed by atoms with E-state index in [2.05, 4.69) is 29.5 Å². The second-order valence-corrected chi connectivity index (χ2v) is 8.62. The van der Waals surface area contributed by atoms with Crippen LogP contribution in [0.2, 0.25) is 0 Å². The molecule has 1 aromatic carbocycles. The van der Waals surface area contributed by atoms with Crippen LogP contribution in [0, 0.1) is 9.49 Å². The molecule has 132 valence electrons. The van der Waals surface area contributed by atoms with Crippen molar-refractivity contribution in [3.63, 3.8) is 0 Å². The van der Waals surface area contributed by atoms with Gasteiger partial charge < -0.3 is 4.90 Å². The van der Waals surface area contributed by atoms with Gasteiger partial charge >= 0.3 is 0 Å². The monoisotopic (exact) mass is 470 g/mol. The second-order valence-electron chi connectivity index (χ2n) is 6.38. The quantitative estimate of drug-likeness (QED) is 0.501. The van der Waals surface area contributed by atoms with Crippen LogP contribution < -0.4 is 0 Å². The van der Waals surface area contributed by atoms with Gasteiger partial charge in [-0.2, -0.15) is 0 Å². The van der Waals surface area contributed by atoms with Gasteiger partial charge in [0.2, 0.25) is 5.91 Å². The van der Waals surface area contributed by atoms with E-state index in [-0.39, 0.29) is 23.6 Å². The minimum atomic E-state index is -0.382. The number of amides is 3. The van der Waals surface area contributed by atoms with E-state index in [1.165, 1.54) is 0 Å². The molecular weight excluding hydrogens is 451 g/mol. The smallest absolute Gasteiger partial charge is 0.294 e. The first-order valence-electron chi connectivity index (χ1n) is 8.23. The molecule has 2 fully saturated rings. The number of hydrogen-bond donors (Lipinski definition) is 0. The van der Waals surface area contributed by atoms with E-state index < -0.39 is 0 Å². The molecule has 0 bridgehead atoms. The fourth-order valence-corrected chi connectivity index (χ4v) is 4.04. The van der Waals surface area contributed by atoms with Crippen molar-refractivity contribution in [2.24, 2.45) is 5.92 Å². The highest BCUT2D eigenvalue weighted by Crippen LogP contribution is 2.32. The number of rotatable bonds is 3. The number of imide groups is 1. The summed E-state index contributed by atoms with van der Waals surface area (Å²) in [7, 11) is 0. The lowest BCUT2D eigenvalue weighted by Crippen LogP contribution is -2.45. The molecule has 3 amide bonds. The van der Waals surface area contributed by atoms with Gasteiger partial charge in [0, 0.05) is 16.7 Å². The molecule has 0 aromatic heterocycles. The van der Waals surface area contributed by atoms with Gasteiger partial charge in [0.1, 0.15) is 6.54 Å². The Morgan fingerprint density at radius 2 is 1.88 bits per heavy atom. The van der Waals surface area contributed by atoms with E-state index in [9.17, 15) is 14.4 Å². The lowest BCUT2D eigenvalue weighted by atomic mass is 9.99. The Bertz CT molecular complexity index is 724. The first-order chi connectivity index (χ1) is 11.9. The van der Waals surface area contributed by atoms with Gasteiger partial charge in [-0.25, -0.2) is 0 Å². The Balaban J connectivity index is 1.67. The molecule has 5 nitrogen and oxygen atoms in total. The summed E-state index contributed by atoms with van der Waals surface area (Å²) in [5.74, 6) is 0.0927. The molecule has 0 aliphatic carbocycles. The summed E-state index contributed by atoms with van der Waals surface area (Å²) in [5, 5.41) is -0.375. The number of likely N-dealkylation sites (tertiary alicyclic amines) is 1. The predicted molar refractivity (Wildman–Crippen MR) is 107 cm³/mol. The Labute approximate surface area is 164 Å². The molecule has 2 aliphatic rings. The molecule has 7 heteroatoms. The summed E-state index contributed by atoms with van der Waals surface area (Å²) in [6, 6.07) is 7.68. The van der Waals surface area contributed by atoms with Crippen LogP contribution in [-0.2, 0) is 9.59 Å². The van der Waals surface area contributed by atoms with Gasteiger partial charge in [0.15, 0.2) is 0 Å². The summed E-state index contributed by atoms with van der Waals surface area (Å²) >= 11 is 3.11. The molecule has 2 heterocycles. The summed E-state index contributed by atoms with van der Waals surface area (Å²) in [6.45, 7) is 3.42. The third-order valence-corrected chi connectivity index (χ3v) is 6.10. The van der Waals surface area contributed by atoms with Gasteiger partial charge in [0.05, 0.1) is 4.91 Å². The zero-order valence-corrected chi connectivity index (χ0v) is 16.9. The van der Waals surface area contributed by atoms with Crippen molar-refractivity contribution in [3.8, 4) is 0 Å². The molecule has 0 N–H and O–H groups in total. The highest BCUT2D eigenvalue weighted by atomic mass is 127. The summed E-state index contributed by atoms with van der Waals surface area (Å²) in [5.41, 5.74) is 0.863. The number of carbonyl (C=O) groups is 3. The highest BCUT2D eigenvalue weighted by Gasteiger charge is 2.37. The number of halogens is 1. The Hall–Kier alpha value is -1.35. The molecule has 2 saturated heterocycles. The van der Waals surface area contributed by atoms with Gasteiger partial charge in [-0.1, -0.05) is 19.1 Å². The molecule has 0 unspecified atom stereocenters. The third-order valence-electron chi connectivity index (χ3n) is 4.47. The normalized spacial score (nSPS) is 20.6. The van der Waals surface area contributed by atoms with Gasteiger partial charge in [0.25, 0.3) is 11.1 Å². The number of hydrogen-bond acceptors (Lipinski definition) is 4. The number of thioether (sulfide) groups is 1. The lowest BCUT2D eigenvalue weighted by Gasteiger charge is -2.31. The van der Waals surface area contributed by atoms with Gasteiger partial charge in [-0.05, 0) is 76.9 Å². The highest BCUT2D eigenvalue weighted by molar-refractivity contribution is 14.1. The van der Waals surface area contributed by atoms with Crippen LogP contribution in [0.15, 0.2) is 29.2 Å². The van der Waals surface area contributed by atoms with Crippen molar-refractivity contribution >= 4 is 57.5 Å². The standard InChI is InChI=1S/C18H19IN2O3S/c1-12-6-8-20(9-7-12)16(22)11-21-17(23)15(25-18(21)24)10-13-2-4-14(19)5-3-13/h2-5,10,12H,6-9,11H2,1H3/b15-10-. The van der Waals surface area contributed by atoms with Crippen molar-refractivity contribution in [2.45, 2.75) is 19.8 Å². The van der Waals surface area contributed by atoms with Crippen molar-refractivity contribution in [2.75, 3.05) is 19.6 Å². The van der Waals surface area contributed by atoms with Crippen LogP contribution >= 0.6 is 34.4 Å². The molecule has 0 saturated carbocycles. The zero-order valence-electron chi connectivity index (χ0n) is 13.9. The predicted octanol–water partition coefficient (Wildman–Crippen LogP) is 3.59. The number of carbonyl (C=O) groups excluding carboxylic acids is 3. The van der Waals surface area contributed by atoms with E-state index in [4.69, 9.17) is 0 Å². The molecule has 0 radical (unpaired) electrons. The van der Waals surface area contributed by atoms with Crippen LogP contribution in [0.5, 0.6) is 0 Å². The van der Waals surface area contributed by atoms with Crippen molar-refractivity contribution in [3.05, 3.63) is 38.3 Å². The summed E-state index contributed by atoms with van der Waals surface area (Å²) < 4.78 is 1.10. The fourth-order valence-electron chi connectivity index (χ4n) is 2.84. The van der Waals surface area contributed by atoms with E-state index in [0.717, 1.165) is 38.6 Å². The van der Waals surface area contributed by atoms with Crippen LogP contribution in [0.3, 0.4) is 0 Å². The molecular formula is C18H19IN2O3S. The van der Waals surface area contributed by atoms with Gasteiger partial charge in [-0.3, -0.25) is 19.3 Å². The third kappa shape index (κ3) is 4.44. The summed E-state index contributed by atoms with van der Waals surface area (Å²) in [6.07, 6.45) is 3.65. The average molecular weight is 470 g/mol. The lowest BCUT2D eigenvalue weighted by molar-refractivity contribution is -0.136. The van der Waals surface area contributed by atoms with E-state index in [1.807, 2.05) is 24.3 Å². The molecule has 1 aromatic rings. The van der Waals surface area contributed by atoms with Crippen LogP contribution in [0.4, 0.5) is 4.79 Å². The minimum Gasteiger partial charge on any atom is -0.341 e. The Morgan fingerprint density at radius 3 is 2.52 bits per heavy atom. The SMILES string of the molecule is CC1CCN(C(=O)CN2C(=O)S/C(=C\c3ccc(I)cc3)C2=O)CC1. The number of benzene rings is 1. The van der Waals surface area contributed by atoms with Crippen molar-refractivity contribution < 1.29 is 14.4 Å². The second kappa shape index (κ2) is 7.90. The maximum atomic E-state index is 12.5. The largest absolute Gasteiger partial charge is 0.341 e. The maximum Gasteiger partial charge on any atom is 0.294 e. The van der Waals surface area contributed by atoms with Crippen LogP contribution in [-0.4, -0.2) is 46.5 Å². The van der Waals surface area contributed by atoms with Crippen LogP contribution in [0.1, 0.15) is 25.3 Å². The van der Waals surface area contributed by atoms with Crippen molar-refractivity contribution in [1.29, 1.82) is 0 Å². The maximum absolute atomic E-state index is 12.5. The number of nitrogens with zero attached hydrogens (tertiary/aromatic N) is 2. The molecule has 25 heavy (non-hydrogen) atoms.